The maximum Gasteiger partial charge on any atom is 0.251 e. The molecule has 2 rings (SSSR count). The highest BCUT2D eigenvalue weighted by Crippen LogP contribution is 2.29. The zero-order chi connectivity index (χ0) is 10.1. The number of hydrogen-bond acceptors (Lipinski definition) is 2. The van der Waals surface area contributed by atoms with Gasteiger partial charge in [-0.25, -0.2) is 0 Å². The van der Waals surface area contributed by atoms with Crippen molar-refractivity contribution in [2.45, 2.75) is 19.4 Å². The van der Waals surface area contributed by atoms with Crippen LogP contribution in [-0.4, -0.2) is 11.9 Å². The van der Waals surface area contributed by atoms with Crippen molar-refractivity contribution >= 4 is 11.6 Å². The van der Waals surface area contributed by atoms with E-state index in [2.05, 4.69) is 12.2 Å². The normalized spacial score (nSPS) is 24.4. The van der Waals surface area contributed by atoms with E-state index in [0.717, 1.165) is 6.42 Å². The van der Waals surface area contributed by atoms with Crippen LogP contribution < -0.4 is 11.1 Å². The summed E-state index contributed by atoms with van der Waals surface area (Å²) in [4.78, 5) is 11.6. The number of amides is 1. The van der Waals surface area contributed by atoms with E-state index in [0.29, 0.717) is 23.2 Å². The Morgan fingerprint density at radius 2 is 2.00 bits per heavy atom. The van der Waals surface area contributed by atoms with Crippen LogP contribution in [0.5, 0.6) is 0 Å². The average Bonchev–Trinajstić information content (AvgIpc) is 2.82. The Bertz CT molecular complexity index is 345. The maximum absolute atomic E-state index is 11.6. The van der Waals surface area contributed by atoms with Gasteiger partial charge in [-0.3, -0.25) is 4.79 Å². The first-order chi connectivity index (χ1) is 6.66. The third-order valence-electron chi connectivity index (χ3n) is 2.60. The van der Waals surface area contributed by atoms with Gasteiger partial charge in [-0.1, -0.05) is 6.92 Å². The van der Waals surface area contributed by atoms with Crippen molar-refractivity contribution in [1.82, 2.24) is 5.32 Å². The van der Waals surface area contributed by atoms with Gasteiger partial charge in [0.15, 0.2) is 0 Å². The zero-order valence-electron chi connectivity index (χ0n) is 8.16. The first-order valence-electron chi connectivity index (χ1n) is 4.83. The summed E-state index contributed by atoms with van der Waals surface area (Å²) in [6.07, 6.45) is 1.10. The van der Waals surface area contributed by atoms with Gasteiger partial charge in [0.05, 0.1) is 0 Å². The minimum Gasteiger partial charge on any atom is -0.399 e. The van der Waals surface area contributed by atoms with E-state index in [1.807, 2.05) is 0 Å². The summed E-state index contributed by atoms with van der Waals surface area (Å²) in [7, 11) is 0. The van der Waals surface area contributed by atoms with Crippen molar-refractivity contribution in [3.05, 3.63) is 29.8 Å². The second-order valence-corrected chi connectivity index (χ2v) is 3.91. The smallest absolute Gasteiger partial charge is 0.251 e. The minimum absolute atomic E-state index is 0.000602. The summed E-state index contributed by atoms with van der Waals surface area (Å²) in [5.74, 6) is 0.632. The lowest BCUT2D eigenvalue weighted by molar-refractivity contribution is 0.0949. The number of hydrogen-bond donors (Lipinski definition) is 2. The van der Waals surface area contributed by atoms with Crippen LogP contribution in [0, 0.1) is 5.92 Å². The molecule has 1 aromatic rings. The third-order valence-corrected chi connectivity index (χ3v) is 2.60. The van der Waals surface area contributed by atoms with Crippen molar-refractivity contribution in [3.8, 4) is 0 Å². The van der Waals surface area contributed by atoms with Crippen LogP contribution in [0.1, 0.15) is 23.7 Å². The lowest BCUT2D eigenvalue weighted by Gasteiger charge is -2.03. The first-order valence-corrected chi connectivity index (χ1v) is 4.83. The molecule has 3 N–H and O–H groups in total. The Morgan fingerprint density at radius 3 is 2.50 bits per heavy atom. The van der Waals surface area contributed by atoms with Crippen LogP contribution in [0.4, 0.5) is 5.69 Å². The fourth-order valence-corrected chi connectivity index (χ4v) is 1.41. The summed E-state index contributed by atoms with van der Waals surface area (Å²) >= 11 is 0. The summed E-state index contributed by atoms with van der Waals surface area (Å²) in [5, 5.41) is 2.96. The van der Waals surface area contributed by atoms with Gasteiger partial charge < -0.3 is 11.1 Å². The van der Waals surface area contributed by atoms with Crippen molar-refractivity contribution < 1.29 is 4.79 Å². The maximum atomic E-state index is 11.6. The van der Waals surface area contributed by atoms with Gasteiger partial charge in [0, 0.05) is 17.3 Å². The first kappa shape index (κ1) is 9.06. The Kier molecular flexibility index (Phi) is 2.15. The van der Waals surface area contributed by atoms with Gasteiger partial charge in [-0.2, -0.15) is 0 Å². The lowest BCUT2D eigenvalue weighted by atomic mass is 10.2. The summed E-state index contributed by atoms with van der Waals surface area (Å²) in [6, 6.07) is 7.35. The SMILES string of the molecule is CC1CC1NC(=O)c1ccc(N)cc1. The molecule has 0 spiro atoms. The van der Waals surface area contributed by atoms with Crippen molar-refractivity contribution in [1.29, 1.82) is 0 Å². The van der Waals surface area contributed by atoms with Crippen LogP contribution in [0.15, 0.2) is 24.3 Å². The Balaban J connectivity index is 2.00. The molecular formula is C11H14N2O. The largest absolute Gasteiger partial charge is 0.399 e. The monoisotopic (exact) mass is 190 g/mol. The summed E-state index contributed by atoms with van der Waals surface area (Å²) in [6.45, 7) is 2.13. The molecule has 0 aliphatic heterocycles. The van der Waals surface area contributed by atoms with Crippen molar-refractivity contribution in [2.24, 2.45) is 5.92 Å². The quantitative estimate of drug-likeness (QED) is 0.693. The number of nitrogen functional groups attached to an aromatic ring is 1. The standard InChI is InChI=1S/C11H14N2O/c1-7-6-10(7)13-11(14)8-2-4-9(12)5-3-8/h2-5,7,10H,6,12H2,1H3,(H,13,14). The highest BCUT2D eigenvalue weighted by atomic mass is 16.1. The van der Waals surface area contributed by atoms with Crippen LogP contribution in [0.25, 0.3) is 0 Å². The molecule has 0 heterocycles. The van der Waals surface area contributed by atoms with E-state index < -0.39 is 0 Å². The molecule has 2 atom stereocenters. The lowest BCUT2D eigenvalue weighted by Crippen LogP contribution is -2.26. The molecule has 0 aromatic heterocycles. The predicted octanol–water partition coefficient (Wildman–Crippen LogP) is 1.41. The average molecular weight is 190 g/mol. The van der Waals surface area contributed by atoms with E-state index in [9.17, 15) is 4.79 Å². The van der Waals surface area contributed by atoms with E-state index >= 15 is 0 Å². The molecule has 1 fully saturated rings. The number of rotatable bonds is 2. The zero-order valence-corrected chi connectivity index (χ0v) is 8.16. The van der Waals surface area contributed by atoms with E-state index in [-0.39, 0.29) is 5.91 Å². The molecule has 14 heavy (non-hydrogen) atoms. The predicted molar refractivity (Wildman–Crippen MR) is 55.9 cm³/mol. The Morgan fingerprint density at radius 1 is 1.43 bits per heavy atom. The van der Waals surface area contributed by atoms with Crippen LogP contribution >= 0.6 is 0 Å². The number of carbonyl (C=O) groups excluding carboxylic acids is 1. The Hall–Kier alpha value is -1.51. The van der Waals surface area contributed by atoms with Gasteiger partial charge in [0.2, 0.25) is 0 Å². The number of carbonyl (C=O) groups is 1. The highest BCUT2D eigenvalue weighted by molar-refractivity contribution is 5.94. The molecule has 1 amide bonds. The van der Waals surface area contributed by atoms with Gasteiger partial charge in [-0.05, 0) is 36.6 Å². The van der Waals surface area contributed by atoms with E-state index in [1.165, 1.54) is 0 Å². The minimum atomic E-state index is -0.000602. The molecule has 3 heteroatoms. The third kappa shape index (κ3) is 1.87. The second-order valence-electron chi connectivity index (χ2n) is 3.91. The van der Waals surface area contributed by atoms with Crippen molar-refractivity contribution in [2.75, 3.05) is 5.73 Å². The summed E-state index contributed by atoms with van der Waals surface area (Å²) < 4.78 is 0. The molecule has 0 bridgehead atoms. The molecule has 2 unspecified atom stereocenters. The molecule has 1 aliphatic rings. The van der Waals surface area contributed by atoms with Crippen LogP contribution in [0.2, 0.25) is 0 Å². The molecule has 0 saturated heterocycles. The molecule has 1 aliphatic carbocycles. The molecule has 0 radical (unpaired) electrons. The summed E-state index contributed by atoms with van der Waals surface area (Å²) in [5.41, 5.74) is 6.89. The van der Waals surface area contributed by atoms with Gasteiger partial charge in [0.25, 0.3) is 5.91 Å². The fraction of sp³-hybridized carbons (Fsp3) is 0.364. The van der Waals surface area contributed by atoms with Crippen molar-refractivity contribution in [3.63, 3.8) is 0 Å². The van der Waals surface area contributed by atoms with Gasteiger partial charge in [0.1, 0.15) is 0 Å². The second kappa shape index (κ2) is 3.33. The topological polar surface area (TPSA) is 55.1 Å². The molecule has 1 aromatic carbocycles. The molecular weight excluding hydrogens is 176 g/mol. The van der Waals surface area contributed by atoms with E-state index in [4.69, 9.17) is 5.73 Å². The number of nitrogens with one attached hydrogen (secondary N) is 1. The number of benzene rings is 1. The molecule has 3 nitrogen and oxygen atoms in total. The highest BCUT2D eigenvalue weighted by Gasteiger charge is 2.33. The Labute approximate surface area is 83.3 Å². The van der Waals surface area contributed by atoms with Crippen LogP contribution in [0.3, 0.4) is 0 Å². The van der Waals surface area contributed by atoms with E-state index in [1.54, 1.807) is 24.3 Å². The molecule has 1 saturated carbocycles. The number of anilines is 1. The number of nitrogens with two attached hydrogens (primary N) is 1. The molecule has 74 valence electrons. The van der Waals surface area contributed by atoms with Gasteiger partial charge in [-0.15, -0.1) is 0 Å². The van der Waals surface area contributed by atoms with Crippen LogP contribution in [-0.2, 0) is 0 Å². The fourth-order valence-electron chi connectivity index (χ4n) is 1.41. The van der Waals surface area contributed by atoms with Gasteiger partial charge >= 0.3 is 0 Å².